The third kappa shape index (κ3) is 1.47. The molecule has 0 saturated heterocycles. The van der Waals surface area contributed by atoms with Crippen molar-refractivity contribution >= 4 is 27.5 Å². The number of carbonyl (C=O) groups is 1. The van der Waals surface area contributed by atoms with Crippen molar-refractivity contribution in [3.63, 3.8) is 0 Å². The molecule has 0 aliphatic carbocycles. The summed E-state index contributed by atoms with van der Waals surface area (Å²) < 4.78 is 0.958. The second-order valence-electron chi connectivity index (χ2n) is 2.90. The Kier molecular flexibility index (Phi) is 2.18. The van der Waals surface area contributed by atoms with Gasteiger partial charge in [-0.2, -0.15) is 0 Å². The van der Waals surface area contributed by atoms with Gasteiger partial charge in [0.15, 0.2) is 0 Å². The van der Waals surface area contributed by atoms with Gasteiger partial charge in [-0.25, -0.2) is 4.98 Å². The number of rotatable bonds is 2. The van der Waals surface area contributed by atoms with Crippen LogP contribution in [0.3, 0.4) is 0 Å². The van der Waals surface area contributed by atoms with E-state index in [0.717, 1.165) is 10.2 Å². The van der Waals surface area contributed by atoms with E-state index >= 15 is 0 Å². The van der Waals surface area contributed by atoms with E-state index in [1.54, 1.807) is 23.7 Å². The quantitative estimate of drug-likeness (QED) is 0.781. The lowest BCUT2D eigenvalue weighted by Gasteiger charge is -2.05. The molecule has 0 amide bonds. The highest BCUT2D eigenvalue weighted by molar-refractivity contribution is 7.16. The van der Waals surface area contributed by atoms with Gasteiger partial charge in [0.1, 0.15) is 6.04 Å². The zero-order chi connectivity index (χ0) is 10.1. The third-order valence-corrected chi connectivity index (χ3v) is 2.77. The minimum Gasteiger partial charge on any atom is -0.480 e. The molecule has 0 aliphatic rings. The molecule has 72 valence electrons. The van der Waals surface area contributed by atoms with E-state index in [1.165, 1.54) is 11.3 Å². The first kappa shape index (κ1) is 9.11. The number of aromatic nitrogens is 1. The zero-order valence-corrected chi connectivity index (χ0v) is 7.99. The van der Waals surface area contributed by atoms with Crippen molar-refractivity contribution in [3.05, 3.63) is 29.3 Å². The summed E-state index contributed by atoms with van der Waals surface area (Å²) in [5.41, 5.74) is 8.68. The van der Waals surface area contributed by atoms with Crippen molar-refractivity contribution in [2.75, 3.05) is 0 Å². The van der Waals surface area contributed by atoms with Gasteiger partial charge in [-0.3, -0.25) is 4.79 Å². The first-order chi connectivity index (χ1) is 6.68. The number of hydrogen-bond donors (Lipinski definition) is 2. The summed E-state index contributed by atoms with van der Waals surface area (Å²) in [6.07, 6.45) is 0. The minimum absolute atomic E-state index is 0.606. The van der Waals surface area contributed by atoms with Crippen molar-refractivity contribution in [2.45, 2.75) is 6.04 Å². The molecular weight excluding hydrogens is 200 g/mol. The first-order valence-electron chi connectivity index (χ1n) is 4.00. The van der Waals surface area contributed by atoms with Crippen LogP contribution in [0, 0.1) is 0 Å². The number of hydrogen-bond acceptors (Lipinski definition) is 4. The lowest BCUT2D eigenvalue weighted by molar-refractivity contribution is -0.138. The van der Waals surface area contributed by atoms with Crippen molar-refractivity contribution in [1.29, 1.82) is 0 Å². The highest BCUT2D eigenvalue weighted by atomic mass is 32.1. The molecule has 4 nitrogen and oxygen atoms in total. The SMILES string of the molecule is N[C@@H](C(=O)O)c1ccc2ncsc2c1. The first-order valence-corrected chi connectivity index (χ1v) is 4.88. The predicted octanol–water partition coefficient (Wildman–Crippen LogP) is 1.38. The van der Waals surface area contributed by atoms with E-state index in [4.69, 9.17) is 10.8 Å². The van der Waals surface area contributed by atoms with E-state index < -0.39 is 12.0 Å². The topological polar surface area (TPSA) is 76.2 Å². The highest BCUT2D eigenvalue weighted by Crippen LogP contribution is 2.21. The maximum atomic E-state index is 10.6. The second kappa shape index (κ2) is 3.36. The van der Waals surface area contributed by atoms with Crippen LogP contribution in [0.2, 0.25) is 0 Å². The molecule has 14 heavy (non-hydrogen) atoms. The summed E-state index contributed by atoms with van der Waals surface area (Å²) >= 11 is 1.47. The molecular formula is C9H8N2O2S. The van der Waals surface area contributed by atoms with Gasteiger partial charge in [0, 0.05) is 0 Å². The zero-order valence-electron chi connectivity index (χ0n) is 7.18. The summed E-state index contributed by atoms with van der Waals surface area (Å²) in [7, 11) is 0. The summed E-state index contributed by atoms with van der Waals surface area (Å²) in [6, 6.07) is 4.29. The second-order valence-corrected chi connectivity index (χ2v) is 3.78. The van der Waals surface area contributed by atoms with E-state index in [-0.39, 0.29) is 0 Å². The Morgan fingerprint density at radius 2 is 2.36 bits per heavy atom. The molecule has 0 fully saturated rings. The fourth-order valence-corrected chi connectivity index (χ4v) is 1.93. The van der Waals surface area contributed by atoms with E-state index in [1.807, 2.05) is 0 Å². The number of fused-ring (bicyclic) bond motifs is 1. The molecule has 5 heteroatoms. The van der Waals surface area contributed by atoms with Crippen LogP contribution in [0.25, 0.3) is 10.2 Å². The molecule has 3 N–H and O–H groups in total. The summed E-state index contributed by atoms with van der Waals surface area (Å²) in [5.74, 6) is -1.02. The van der Waals surface area contributed by atoms with E-state index in [2.05, 4.69) is 4.98 Å². The van der Waals surface area contributed by atoms with Gasteiger partial charge in [0.05, 0.1) is 15.7 Å². The standard InChI is InChI=1S/C9H8N2O2S/c10-8(9(12)13)5-1-2-6-7(3-5)14-4-11-6/h1-4,8H,10H2,(H,12,13)/t8-/m1/s1. The third-order valence-electron chi connectivity index (χ3n) is 1.98. The van der Waals surface area contributed by atoms with Crippen molar-refractivity contribution in [1.82, 2.24) is 4.98 Å². The molecule has 1 heterocycles. The summed E-state index contributed by atoms with van der Waals surface area (Å²) in [6.45, 7) is 0. The van der Waals surface area contributed by atoms with Crippen molar-refractivity contribution < 1.29 is 9.90 Å². The van der Waals surface area contributed by atoms with Gasteiger partial charge in [-0.05, 0) is 17.7 Å². The molecule has 1 atom stereocenters. The fraction of sp³-hybridized carbons (Fsp3) is 0.111. The van der Waals surface area contributed by atoms with Crippen molar-refractivity contribution in [3.8, 4) is 0 Å². The molecule has 2 rings (SSSR count). The maximum absolute atomic E-state index is 10.6. The normalized spacial score (nSPS) is 12.9. The number of nitrogens with two attached hydrogens (primary N) is 1. The molecule has 2 aromatic rings. The number of benzene rings is 1. The Balaban J connectivity index is 2.48. The monoisotopic (exact) mass is 208 g/mol. The lowest BCUT2D eigenvalue weighted by atomic mass is 10.1. The average Bonchev–Trinajstić information content (AvgIpc) is 2.62. The molecule has 1 aromatic heterocycles. The summed E-state index contributed by atoms with van der Waals surface area (Å²) in [5, 5.41) is 8.72. The Morgan fingerprint density at radius 3 is 3.07 bits per heavy atom. The number of nitrogens with zero attached hydrogens (tertiary/aromatic N) is 1. The maximum Gasteiger partial charge on any atom is 0.325 e. The highest BCUT2D eigenvalue weighted by Gasteiger charge is 2.14. The Labute approximate surface area is 84.0 Å². The van der Waals surface area contributed by atoms with Gasteiger partial charge in [-0.15, -0.1) is 11.3 Å². The van der Waals surface area contributed by atoms with Gasteiger partial charge >= 0.3 is 5.97 Å². The number of aliphatic carboxylic acids is 1. The Hall–Kier alpha value is -1.46. The van der Waals surface area contributed by atoms with Crippen LogP contribution in [0.4, 0.5) is 0 Å². The van der Waals surface area contributed by atoms with E-state index in [9.17, 15) is 4.79 Å². The van der Waals surface area contributed by atoms with Crippen LogP contribution >= 0.6 is 11.3 Å². The molecule has 0 saturated carbocycles. The largest absolute Gasteiger partial charge is 0.480 e. The molecule has 0 bridgehead atoms. The van der Waals surface area contributed by atoms with Crippen LogP contribution in [-0.4, -0.2) is 16.1 Å². The van der Waals surface area contributed by atoms with Crippen LogP contribution in [0.15, 0.2) is 23.7 Å². The molecule has 0 spiro atoms. The number of carboxylic acid groups (broad SMARTS) is 1. The van der Waals surface area contributed by atoms with Gasteiger partial charge in [-0.1, -0.05) is 6.07 Å². The lowest BCUT2D eigenvalue weighted by Crippen LogP contribution is -2.20. The van der Waals surface area contributed by atoms with Crippen LogP contribution in [-0.2, 0) is 4.79 Å². The minimum atomic E-state index is -1.02. The Morgan fingerprint density at radius 1 is 1.57 bits per heavy atom. The molecule has 0 unspecified atom stereocenters. The van der Waals surface area contributed by atoms with E-state index in [0.29, 0.717) is 5.56 Å². The number of carboxylic acids is 1. The molecule has 0 radical (unpaired) electrons. The van der Waals surface area contributed by atoms with Crippen molar-refractivity contribution in [2.24, 2.45) is 5.73 Å². The number of thiazole rings is 1. The average molecular weight is 208 g/mol. The molecule has 1 aromatic carbocycles. The Bertz CT molecular complexity index is 480. The predicted molar refractivity (Wildman–Crippen MR) is 54.2 cm³/mol. The van der Waals surface area contributed by atoms with Gasteiger partial charge < -0.3 is 10.8 Å². The summed E-state index contributed by atoms with van der Waals surface area (Å²) in [4.78, 5) is 14.7. The van der Waals surface area contributed by atoms with Crippen LogP contribution in [0.1, 0.15) is 11.6 Å². The molecule has 0 aliphatic heterocycles. The van der Waals surface area contributed by atoms with Gasteiger partial charge in [0.25, 0.3) is 0 Å². The smallest absolute Gasteiger partial charge is 0.325 e. The van der Waals surface area contributed by atoms with Crippen LogP contribution < -0.4 is 5.73 Å². The van der Waals surface area contributed by atoms with Gasteiger partial charge in [0.2, 0.25) is 0 Å². The fourth-order valence-electron chi connectivity index (χ4n) is 1.21. The van der Waals surface area contributed by atoms with Crippen LogP contribution in [0.5, 0.6) is 0 Å².